The lowest BCUT2D eigenvalue weighted by Gasteiger charge is -2.37. The zero-order valence-electron chi connectivity index (χ0n) is 13.2. The minimum absolute atomic E-state index is 0.121. The molecule has 1 saturated heterocycles. The first kappa shape index (κ1) is 15.1. The second-order valence-electron chi connectivity index (χ2n) is 7.04. The van der Waals surface area contributed by atoms with Crippen LogP contribution in [0.25, 0.3) is 0 Å². The Labute approximate surface area is 131 Å². The van der Waals surface area contributed by atoms with Gasteiger partial charge < -0.3 is 10.0 Å². The summed E-state index contributed by atoms with van der Waals surface area (Å²) in [5.41, 5.74) is 1.85. The van der Waals surface area contributed by atoms with Gasteiger partial charge in [0.15, 0.2) is 0 Å². The van der Waals surface area contributed by atoms with Crippen LogP contribution >= 0.6 is 0 Å². The van der Waals surface area contributed by atoms with Crippen molar-refractivity contribution in [1.29, 1.82) is 0 Å². The molecule has 0 bridgehead atoms. The number of carboxylic acids is 1. The van der Waals surface area contributed by atoms with E-state index in [1.165, 1.54) is 0 Å². The lowest BCUT2D eigenvalue weighted by Crippen LogP contribution is -2.49. The molecule has 2 unspecified atom stereocenters. The topological polar surface area (TPSA) is 57.6 Å². The van der Waals surface area contributed by atoms with Crippen molar-refractivity contribution in [3.05, 3.63) is 35.4 Å². The van der Waals surface area contributed by atoms with E-state index in [0.717, 1.165) is 24.0 Å². The van der Waals surface area contributed by atoms with Gasteiger partial charge in [-0.3, -0.25) is 9.59 Å². The number of aryl methyl sites for hydroxylation is 1. The number of rotatable bonds is 3. The highest BCUT2D eigenvalue weighted by atomic mass is 16.4. The van der Waals surface area contributed by atoms with Crippen LogP contribution in [0.15, 0.2) is 24.3 Å². The van der Waals surface area contributed by atoms with Gasteiger partial charge in [-0.15, -0.1) is 0 Å². The molecule has 4 nitrogen and oxygen atoms in total. The summed E-state index contributed by atoms with van der Waals surface area (Å²) in [6.45, 7) is 5.09. The summed E-state index contributed by atoms with van der Waals surface area (Å²) in [5, 5.41) is 9.29. The molecule has 1 amide bonds. The third-order valence-electron chi connectivity index (χ3n) is 5.03. The van der Waals surface area contributed by atoms with Crippen LogP contribution in [0.1, 0.15) is 37.3 Å². The number of hydrogen-bond donors (Lipinski definition) is 1. The van der Waals surface area contributed by atoms with Crippen LogP contribution in [-0.2, 0) is 15.0 Å². The Morgan fingerprint density at radius 2 is 2.00 bits per heavy atom. The van der Waals surface area contributed by atoms with E-state index in [9.17, 15) is 14.7 Å². The minimum atomic E-state index is -0.787. The molecule has 1 aliphatic heterocycles. The van der Waals surface area contributed by atoms with Gasteiger partial charge >= 0.3 is 5.97 Å². The quantitative estimate of drug-likeness (QED) is 0.933. The lowest BCUT2D eigenvalue weighted by molar-refractivity contribution is -0.147. The van der Waals surface area contributed by atoms with Crippen LogP contribution < -0.4 is 0 Å². The van der Waals surface area contributed by atoms with Gasteiger partial charge in [-0.2, -0.15) is 0 Å². The maximum Gasteiger partial charge on any atom is 0.308 e. The van der Waals surface area contributed by atoms with Crippen LogP contribution in [-0.4, -0.2) is 35.0 Å². The maximum absolute atomic E-state index is 13.0. The van der Waals surface area contributed by atoms with E-state index >= 15 is 0 Å². The molecule has 3 rings (SSSR count). The highest BCUT2D eigenvalue weighted by Crippen LogP contribution is 2.50. The minimum Gasteiger partial charge on any atom is -0.481 e. The van der Waals surface area contributed by atoms with Crippen LogP contribution in [0.3, 0.4) is 0 Å². The van der Waals surface area contributed by atoms with E-state index in [2.05, 4.69) is 6.07 Å². The number of benzene rings is 1. The van der Waals surface area contributed by atoms with Gasteiger partial charge in [-0.05, 0) is 37.7 Å². The fourth-order valence-electron chi connectivity index (χ4n) is 3.69. The Hall–Kier alpha value is -1.84. The average Bonchev–Trinajstić information content (AvgIpc) is 3.27. The smallest absolute Gasteiger partial charge is 0.308 e. The molecule has 0 aromatic heterocycles. The van der Waals surface area contributed by atoms with Gasteiger partial charge in [-0.25, -0.2) is 0 Å². The molecule has 2 atom stereocenters. The summed E-state index contributed by atoms with van der Waals surface area (Å²) in [5.74, 6) is -0.853. The summed E-state index contributed by atoms with van der Waals surface area (Å²) in [6.07, 6.45) is 2.41. The number of carbonyl (C=O) groups is 2. The van der Waals surface area contributed by atoms with Crippen molar-refractivity contribution in [2.75, 3.05) is 13.1 Å². The zero-order chi connectivity index (χ0) is 15.9. The van der Waals surface area contributed by atoms with Crippen LogP contribution in [0.4, 0.5) is 0 Å². The Morgan fingerprint density at radius 1 is 1.27 bits per heavy atom. The van der Waals surface area contributed by atoms with Crippen molar-refractivity contribution in [3.63, 3.8) is 0 Å². The van der Waals surface area contributed by atoms with Crippen molar-refractivity contribution >= 4 is 11.9 Å². The normalized spacial score (nSPS) is 26.5. The van der Waals surface area contributed by atoms with Crippen LogP contribution in [0.5, 0.6) is 0 Å². The van der Waals surface area contributed by atoms with E-state index in [0.29, 0.717) is 19.5 Å². The molecule has 118 valence electrons. The summed E-state index contributed by atoms with van der Waals surface area (Å²) in [6, 6.07) is 8.15. The first-order valence-electron chi connectivity index (χ1n) is 8.02. The van der Waals surface area contributed by atoms with Crippen molar-refractivity contribution in [2.45, 2.75) is 38.5 Å². The Balaban J connectivity index is 1.82. The fraction of sp³-hybridized carbons (Fsp3) is 0.556. The van der Waals surface area contributed by atoms with E-state index in [1.807, 2.05) is 32.0 Å². The summed E-state index contributed by atoms with van der Waals surface area (Å²) < 4.78 is 0. The standard InChI is InChI=1S/C18H23NO3/c1-12-4-3-5-15(9-12)18(6-7-18)17(22)19-10-13(2)8-14(11-19)16(20)21/h3-5,9,13-14H,6-8,10-11H2,1-2H3,(H,20,21). The highest BCUT2D eigenvalue weighted by molar-refractivity contribution is 5.91. The highest BCUT2D eigenvalue weighted by Gasteiger charge is 2.53. The molecule has 1 heterocycles. The molecule has 4 heteroatoms. The molecule has 1 N–H and O–H groups in total. The fourth-order valence-corrected chi connectivity index (χ4v) is 3.69. The first-order valence-corrected chi connectivity index (χ1v) is 8.02. The molecule has 1 aromatic rings. The van der Waals surface area contributed by atoms with E-state index in [4.69, 9.17) is 0 Å². The second-order valence-corrected chi connectivity index (χ2v) is 7.04. The van der Waals surface area contributed by atoms with Gasteiger partial charge in [0.05, 0.1) is 11.3 Å². The molecule has 2 aliphatic rings. The number of aliphatic carboxylic acids is 1. The number of carbonyl (C=O) groups excluding carboxylic acids is 1. The number of amides is 1. The van der Waals surface area contributed by atoms with Crippen molar-refractivity contribution in [1.82, 2.24) is 4.90 Å². The molecule has 1 saturated carbocycles. The number of hydrogen-bond acceptors (Lipinski definition) is 2. The molecule has 1 aromatic carbocycles. The summed E-state index contributed by atoms with van der Waals surface area (Å²) in [4.78, 5) is 26.1. The summed E-state index contributed by atoms with van der Waals surface area (Å²) in [7, 11) is 0. The van der Waals surface area contributed by atoms with E-state index in [-0.39, 0.29) is 11.8 Å². The molecule has 1 aliphatic carbocycles. The lowest BCUT2D eigenvalue weighted by atomic mass is 9.87. The van der Waals surface area contributed by atoms with Crippen molar-refractivity contribution in [3.8, 4) is 0 Å². The Morgan fingerprint density at radius 3 is 2.59 bits per heavy atom. The molecule has 0 radical (unpaired) electrons. The molecule has 22 heavy (non-hydrogen) atoms. The summed E-state index contributed by atoms with van der Waals surface area (Å²) >= 11 is 0. The van der Waals surface area contributed by atoms with Gasteiger partial charge in [0.1, 0.15) is 0 Å². The first-order chi connectivity index (χ1) is 10.4. The SMILES string of the molecule is Cc1cccc(C2(C(=O)N3CC(C)CC(C(=O)O)C3)CC2)c1. The predicted molar refractivity (Wildman–Crippen MR) is 83.6 cm³/mol. The zero-order valence-corrected chi connectivity index (χ0v) is 13.2. The van der Waals surface area contributed by atoms with Gasteiger partial charge in [-0.1, -0.05) is 36.8 Å². The molecular formula is C18H23NO3. The monoisotopic (exact) mass is 301 g/mol. The van der Waals surface area contributed by atoms with Gasteiger partial charge in [0, 0.05) is 13.1 Å². The van der Waals surface area contributed by atoms with Crippen molar-refractivity contribution < 1.29 is 14.7 Å². The number of nitrogens with zero attached hydrogens (tertiary/aromatic N) is 1. The van der Waals surface area contributed by atoms with E-state index < -0.39 is 17.3 Å². The Bertz CT molecular complexity index is 606. The van der Waals surface area contributed by atoms with Gasteiger partial charge in [0.2, 0.25) is 5.91 Å². The third kappa shape index (κ3) is 2.62. The maximum atomic E-state index is 13.0. The van der Waals surface area contributed by atoms with Crippen LogP contribution in [0.2, 0.25) is 0 Å². The average molecular weight is 301 g/mol. The number of carboxylic acid groups (broad SMARTS) is 1. The molecule has 2 fully saturated rings. The van der Waals surface area contributed by atoms with E-state index in [1.54, 1.807) is 4.90 Å². The third-order valence-corrected chi connectivity index (χ3v) is 5.03. The van der Waals surface area contributed by atoms with Gasteiger partial charge in [0.25, 0.3) is 0 Å². The number of piperidine rings is 1. The largest absolute Gasteiger partial charge is 0.481 e. The Kier molecular flexibility index (Phi) is 3.71. The van der Waals surface area contributed by atoms with Crippen LogP contribution in [0, 0.1) is 18.8 Å². The second kappa shape index (κ2) is 5.41. The predicted octanol–water partition coefficient (Wildman–Crippen LogP) is 2.60. The molecule has 0 spiro atoms. The molecular weight excluding hydrogens is 278 g/mol. The van der Waals surface area contributed by atoms with Crippen molar-refractivity contribution in [2.24, 2.45) is 11.8 Å². The number of likely N-dealkylation sites (tertiary alicyclic amines) is 1.